The molecule has 8 heteroatoms. The van der Waals surface area contributed by atoms with Gasteiger partial charge in [0, 0.05) is 24.1 Å². The van der Waals surface area contributed by atoms with Gasteiger partial charge >= 0.3 is 5.97 Å². The highest BCUT2D eigenvalue weighted by atomic mass is 16.6. The van der Waals surface area contributed by atoms with Crippen LogP contribution >= 0.6 is 0 Å². The van der Waals surface area contributed by atoms with E-state index in [1.54, 1.807) is 0 Å². The topological polar surface area (TPSA) is 89.7 Å². The monoisotopic (exact) mass is 316 g/mol. The largest absolute Gasteiger partial charge is 0.435 e. The minimum Gasteiger partial charge on any atom is -0.435 e. The molecule has 122 valence electrons. The molecule has 0 spiro atoms. The first-order valence-corrected chi connectivity index (χ1v) is 7.83. The molecule has 0 aromatic carbocycles. The van der Waals surface area contributed by atoms with E-state index >= 15 is 0 Å². The Labute approximate surface area is 134 Å². The van der Waals surface area contributed by atoms with Gasteiger partial charge in [-0.2, -0.15) is 0 Å². The Morgan fingerprint density at radius 1 is 1.39 bits per heavy atom. The molecule has 3 atom stereocenters. The summed E-state index contributed by atoms with van der Waals surface area (Å²) >= 11 is 0. The lowest BCUT2D eigenvalue weighted by atomic mass is 10.0. The van der Waals surface area contributed by atoms with Crippen molar-refractivity contribution in [2.75, 3.05) is 6.67 Å². The Balaban J connectivity index is 1.49. The van der Waals surface area contributed by atoms with Gasteiger partial charge < -0.3 is 25.6 Å². The summed E-state index contributed by atoms with van der Waals surface area (Å²) in [4.78, 5) is 14.2. The minimum absolute atomic E-state index is 0.198. The molecule has 4 rings (SSSR count). The van der Waals surface area contributed by atoms with Crippen LogP contribution in [0, 0.1) is 0 Å². The fourth-order valence-corrected chi connectivity index (χ4v) is 2.97. The molecule has 8 nitrogen and oxygen atoms in total. The van der Waals surface area contributed by atoms with Gasteiger partial charge in [-0.1, -0.05) is 5.73 Å². The molecule has 0 aromatic heterocycles. The Morgan fingerprint density at radius 3 is 3.04 bits per heavy atom. The van der Waals surface area contributed by atoms with Crippen molar-refractivity contribution in [3.63, 3.8) is 0 Å². The summed E-state index contributed by atoms with van der Waals surface area (Å²) in [7, 11) is 0. The van der Waals surface area contributed by atoms with Crippen LogP contribution in [-0.2, 0) is 9.53 Å². The number of cyclic esters (lactones) is 1. The van der Waals surface area contributed by atoms with Crippen LogP contribution in [-0.4, -0.2) is 35.8 Å². The number of esters is 1. The number of rotatable bonds is 2. The number of allylic oxidation sites excluding steroid dienone is 1. The van der Waals surface area contributed by atoms with Crippen LogP contribution in [0.1, 0.15) is 19.8 Å². The first-order chi connectivity index (χ1) is 11.2. The zero-order valence-corrected chi connectivity index (χ0v) is 12.8. The van der Waals surface area contributed by atoms with Gasteiger partial charge in [0.25, 0.3) is 0 Å². The predicted octanol–water partition coefficient (Wildman–Crippen LogP) is -0.751. The summed E-state index contributed by atoms with van der Waals surface area (Å²) in [5.41, 5.74) is 10.9. The van der Waals surface area contributed by atoms with Gasteiger partial charge in [0.15, 0.2) is 12.0 Å². The minimum atomic E-state index is -0.453. The molecule has 4 aliphatic heterocycles. The van der Waals surface area contributed by atoms with Crippen LogP contribution in [0.5, 0.6) is 0 Å². The molecule has 0 saturated carbocycles. The number of carbonyl (C=O) groups excluding carboxylic acids is 1. The highest BCUT2D eigenvalue weighted by Crippen LogP contribution is 2.23. The third kappa shape index (κ3) is 2.62. The summed E-state index contributed by atoms with van der Waals surface area (Å²) < 4.78 is 5.51. The van der Waals surface area contributed by atoms with Crippen LogP contribution < -0.4 is 26.8 Å². The normalized spacial score (nSPS) is 32.2. The molecule has 5 N–H and O–H groups in total. The molecule has 0 saturated heterocycles. The maximum Gasteiger partial charge on any atom is 0.358 e. The summed E-state index contributed by atoms with van der Waals surface area (Å²) in [6.07, 6.45) is 7.06. The molecular weight excluding hydrogens is 296 g/mol. The fraction of sp³-hybridized carbons (Fsp3) is 0.467. The van der Waals surface area contributed by atoms with Crippen LogP contribution in [0.25, 0.3) is 0 Å². The van der Waals surface area contributed by atoms with Crippen LogP contribution in [0.4, 0.5) is 0 Å². The number of hydrogen-bond donors (Lipinski definition) is 5. The summed E-state index contributed by atoms with van der Waals surface area (Å²) in [5.74, 6) is 0.518. The van der Waals surface area contributed by atoms with E-state index in [4.69, 9.17) is 4.74 Å². The maximum atomic E-state index is 12.2. The summed E-state index contributed by atoms with van der Waals surface area (Å²) in [6, 6.07) is 0.0947. The number of hydrazine groups is 1. The maximum absolute atomic E-state index is 12.2. The van der Waals surface area contributed by atoms with Crippen LogP contribution in [0.15, 0.2) is 41.4 Å². The quantitative estimate of drug-likeness (QED) is 0.336. The number of hydrogen-bond acceptors (Lipinski definition) is 8. The van der Waals surface area contributed by atoms with E-state index in [9.17, 15) is 4.79 Å². The van der Waals surface area contributed by atoms with E-state index in [0.717, 1.165) is 24.4 Å². The van der Waals surface area contributed by atoms with Crippen molar-refractivity contribution in [1.82, 2.24) is 31.7 Å². The van der Waals surface area contributed by atoms with Gasteiger partial charge in [-0.05, 0) is 25.8 Å². The molecule has 0 amide bonds. The average Bonchev–Trinajstić information content (AvgIpc) is 3.10. The van der Waals surface area contributed by atoms with Crippen molar-refractivity contribution in [2.45, 2.75) is 38.1 Å². The zero-order valence-electron chi connectivity index (χ0n) is 12.8. The number of nitrogens with one attached hydrogen (secondary N) is 5. The first kappa shape index (κ1) is 14.0. The van der Waals surface area contributed by atoms with E-state index in [2.05, 4.69) is 39.5 Å². The second kappa shape index (κ2) is 5.57. The highest BCUT2D eigenvalue weighted by molar-refractivity contribution is 5.89. The number of ether oxygens (including phenoxy) is 1. The van der Waals surface area contributed by atoms with Crippen molar-refractivity contribution >= 4 is 5.97 Å². The lowest BCUT2D eigenvalue weighted by Crippen LogP contribution is -2.58. The third-order valence-corrected chi connectivity index (χ3v) is 4.28. The zero-order chi connectivity index (χ0) is 15.8. The van der Waals surface area contributed by atoms with Crippen molar-refractivity contribution < 1.29 is 9.53 Å². The van der Waals surface area contributed by atoms with E-state index in [1.807, 2.05) is 23.4 Å². The van der Waals surface area contributed by atoms with Gasteiger partial charge in [-0.15, -0.1) is 0 Å². The van der Waals surface area contributed by atoms with E-state index < -0.39 is 6.23 Å². The average molecular weight is 316 g/mol. The van der Waals surface area contributed by atoms with Gasteiger partial charge in [0.1, 0.15) is 11.7 Å². The number of nitrogens with zero attached hydrogens (tertiary/aromatic N) is 1. The standard InChI is InChI=1S/C15H20N6O2/c1-9-2-3-10-13(17-9)15(22)23-14(18-10)11-4-5-12(20-19-11)21-7-6-16-8-21/h4,6-7,9,11,14,16-20H,2-3,8H2,1H3. The van der Waals surface area contributed by atoms with E-state index in [-0.39, 0.29) is 12.0 Å². The third-order valence-electron chi connectivity index (χ3n) is 4.28. The van der Waals surface area contributed by atoms with Gasteiger partial charge in [-0.3, -0.25) is 5.43 Å². The molecule has 0 aliphatic carbocycles. The first-order valence-electron chi connectivity index (χ1n) is 7.83. The lowest BCUT2D eigenvalue weighted by Gasteiger charge is -2.37. The SMILES string of the molecule is CC1CCC2=C(N1)C(=O)OC(C1C=C=C(N3C=CNC3)NN1)N2. The molecule has 3 unspecified atom stereocenters. The second-order valence-electron chi connectivity index (χ2n) is 6.01. The van der Waals surface area contributed by atoms with E-state index in [1.165, 1.54) is 0 Å². The van der Waals surface area contributed by atoms with Gasteiger partial charge in [0.2, 0.25) is 0 Å². The van der Waals surface area contributed by atoms with Crippen LogP contribution in [0.2, 0.25) is 0 Å². The molecular formula is C15H20N6O2. The Kier molecular flexibility index (Phi) is 3.40. The van der Waals surface area contributed by atoms with Crippen molar-refractivity contribution in [3.8, 4) is 0 Å². The van der Waals surface area contributed by atoms with E-state index in [0.29, 0.717) is 18.4 Å². The molecule has 4 aliphatic rings. The Bertz CT molecular complexity index is 648. The molecule has 23 heavy (non-hydrogen) atoms. The fourth-order valence-electron chi connectivity index (χ4n) is 2.97. The lowest BCUT2D eigenvalue weighted by molar-refractivity contribution is -0.149. The predicted molar refractivity (Wildman–Crippen MR) is 82.5 cm³/mol. The smallest absolute Gasteiger partial charge is 0.358 e. The Hall–Kier alpha value is -2.57. The van der Waals surface area contributed by atoms with Crippen LogP contribution in [0.3, 0.4) is 0 Å². The second-order valence-corrected chi connectivity index (χ2v) is 6.01. The van der Waals surface area contributed by atoms with Crippen molar-refractivity contribution in [1.29, 1.82) is 0 Å². The van der Waals surface area contributed by atoms with Gasteiger partial charge in [-0.25, -0.2) is 10.2 Å². The highest BCUT2D eigenvalue weighted by Gasteiger charge is 2.35. The molecule has 4 heterocycles. The van der Waals surface area contributed by atoms with Gasteiger partial charge in [0.05, 0.1) is 6.67 Å². The summed E-state index contributed by atoms with van der Waals surface area (Å²) in [5, 5.41) is 9.60. The van der Waals surface area contributed by atoms with Crippen molar-refractivity contribution in [3.05, 3.63) is 41.4 Å². The number of carbonyl (C=O) groups is 1. The van der Waals surface area contributed by atoms with Crippen molar-refractivity contribution in [2.24, 2.45) is 0 Å². The Morgan fingerprint density at radius 2 is 2.30 bits per heavy atom. The molecule has 0 aromatic rings. The molecule has 0 bridgehead atoms. The molecule has 0 fully saturated rings. The summed E-state index contributed by atoms with van der Waals surface area (Å²) in [6.45, 7) is 2.76. The molecule has 0 radical (unpaired) electrons.